The van der Waals surface area contributed by atoms with Crippen LogP contribution in [0.3, 0.4) is 0 Å². The van der Waals surface area contributed by atoms with Gasteiger partial charge in [-0.3, -0.25) is 33.2 Å². The van der Waals surface area contributed by atoms with Gasteiger partial charge in [-0.05, 0) is 19.4 Å². The number of carboxylic acid groups (broad SMARTS) is 3. The second-order valence-electron chi connectivity index (χ2n) is 13.8. The number of amides is 1. The summed E-state index contributed by atoms with van der Waals surface area (Å²) >= 11 is 0. The molecule has 0 spiro atoms. The maximum absolute atomic E-state index is 12.7. The molecule has 342 valence electrons. The second kappa shape index (κ2) is 20.9. The Labute approximate surface area is 347 Å². The van der Waals surface area contributed by atoms with Gasteiger partial charge in [-0.2, -0.15) is 4.98 Å². The summed E-state index contributed by atoms with van der Waals surface area (Å²) in [4.78, 5) is 82.9. The fraction of sp³-hybridized carbons (Fsp3) is 0.515. The van der Waals surface area contributed by atoms with Crippen molar-refractivity contribution in [3.8, 4) is 11.5 Å². The number of nitrogens with two attached hydrogens (primary N) is 1. The first-order valence-corrected chi connectivity index (χ1v) is 19.6. The van der Waals surface area contributed by atoms with Crippen LogP contribution in [-0.4, -0.2) is 168 Å². The largest absolute Gasteiger partial charge is 0.508 e. The fourth-order valence-corrected chi connectivity index (χ4v) is 6.65. The van der Waals surface area contributed by atoms with E-state index in [4.69, 9.17) is 34.5 Å². The Bertz CT molecular complexity index is 2220. The predicted octanol–water partition coefficient (Wildman–Crippen LogP) is -3.62. The van der Waals surface area contributed by atoms with Crippen LogP contribution < -0.4 is 21.9 Å². The minimum atomic E-state index is -5.39. The van der Waals surface area contributed by atoms with E-state index in [2.05, 4.69) is 25.3 Å². The first-order chi connectivity index (χ1) is 29.0. The molecular weight excluding hydrogens is 861 g/mol. The summed E-state index contributed by atoms with van der Waals surface area (Å²) in [7, 11) is -5.39. The van der Waals surface area contributed by atoms with E-state index >= 15 is 0 Å². The third-order valence-corrected chi connectivity index (χ3v) is 10.00. The molecule has 4 rings (SSSR count). The summed E-state index contributed by atoms with van der Waals surface area (Å²) in [6.45, 7) is -0.317. The number of carboxylic acids is 3. The summed E-state index contributed by atoms with van der Waals surface area (Å²) < 4.78 is 32.7. The number of aliphatic carboxylic acids is 3. The summed E-state index contributed by atoms with van der Waals surface area (Å²) in [5, 5.41) is 106. The minimum Gasteiger partial charge on any atom is -0.508 e. The highest BCUT2D eigenvalue weighted by Gasteiger charge is 2.45. The molecule has 0 saturated carbocycles. The zero-order valence-corrected chi connectivity index (χ0v) is 33.0. The SMILES string of the molecule is CC(Nc1cc(O)c(CC(O)C(O)C(O)COC2OC(COP(=O)(O)OC(CCC(=O)O)C(=O)NC(CC(=O)O)C(=O)O)C(O)C2O)cc1O)c1cnc2nc(N)[nH]c(=O)c2n1. The van der Waals surface area contributed by atoms with Crippen molar-refractivity contribution in [1.29, 1.82) is 0 Å². The summed E-state index contributed by atoms with van der Waals surface area (Å²) in [6.07, 6.45) is -17.1. The fourth-order valence-electron chi connectivity index (χ4n) is 5.73. The number of rotatable bonds is 23. The number of aromatic hydroxyl groups is 2. The number of fused-ring (bicyclic) bond motifs is 1. The molecule has 2 aromatic heterocycles. The van der Waals surface area contributed by atoms with Crippen molar-refractivity contribution in [3.05, 3.63) is 39.9 Å². The summed E-state index contributed by atoms with van der Waals surface area (Å²) in [6, 6.07) is -0.555. The molecule has 3 aromatic rings. The quantitative estimate of drug-likeness (QED) is 0.0248. The average molecular weight is 906 g/mol. The third-order valence-electron chi connectivity index (χ3n) is 9.00. The lowest BCUT2D eigenvalue weighted by molar-refractivity contribution is -0.192. The molecule has 1 saturated heterocycles. The normalized spacial score (nSPS) is 21.5. The number of phosphoric acid groups is 1. The van der Waals surface area contributed by atoms with Crippen LogP contribution in [0.2, 0.25) is 0 Å². The van der Waals surface area contributed by atoms with E-state index in [1.165, 1.54) is 6.20 Å². The summed E-state index contributed by atoms with van der Waals surface area (Å²) in [5.41, 5.74) is 4.97. The molecule has 62 heavy (non-hydrogen) atoms. The number of nitrogen functional groups attached to an aromatic ring is 1. The van der Waals surface area contributed by atoms with Crippen LogP contribution in [0, 0.1) is 0 Å². The number of aromatic amines is 1. The number of phenolic OH excluding ortho intramolecular Hbond substituents is 2. The number of aliphatic hydroxyl groups is 5. The number of anilines is 2. The molecule has 11 unspecified atom stereocenters. The minimum absolute atomic E-state index is 0.00218. The molecule has 0 aliphatic carbocycles. The van der Waals surface area contributed by atoms with E-state index < -0.39 is 149 Å². The molecule has 1 aliphatic rings. The van der Waals surface area contributed by atoms with Crippen LogP contribution >= 0.6 is 7.82 Å². The number of carbonyl (C=O) groups excluding carboxylic acids is 1. The van der Waals surface area contributed by atoms with Crippen molar-refractivity contribution in [1.82, 2.24) is 25.3 Å². The van der Waals surface area contributed by atoms with Gasteiger partial charge in [-0.25, -0.2) is 19.3 Å². The highest BCUT2D eigenvalue weighted by Crippen LogP contribution is 2.46. The maximum atomic E-state index is 12.7. The number of aliphatic hydroxyl groups excluding tert-OH is 5. The molecule has 3 heterocycles. The number of carbonyl (C=O) groups is 4. The first-order valence-electron chi connectivity index (χ1n) is 18.1. The Morgan fingerprint density at radius 3 is 2.35 bits per heavy atom. The zero-order valence-electron chi connectivity index (χ0n) is 32.1. The van der Waals surface area contributed by atoms with Gasteiger partial charge in [0.2, 0.25) is 5.95 Å². The van der Waals surface area contributed by atoms with Crippen molar-refractivity contribution in [2.45, 2.75) is 93.7 Å². The lowest BCUT2D eigenvalue weighted by Gasteiger charge is -2.25. The molecular formula is C33H44N7O21P. The monoisotopic (exact) mass is 905 g/mol. The molecule has 1 fully saturated rings. The van der Waals surface area contributed by atoms with Crippen molar-refractivity contribution in [2.75, 3.05) is 24.3 Å². The van der Waals surface area contributed by atoms with Crippen LogP contribution in [0.1, 0.15) is 43.5 Å². The molecule has 0 bridgehead atoms. The van der Waals surface area contributed by atoms with Gasteiger partial charge in [0, 0.05) is 24.5 Å². The van der Waals surface area contributed by atoms with Crippen molar-refractivity contribution in [3.63, 3.8) is 0 Å². The topological polar surface area (TPSA) is 466 Å². The Morgan fingerprint density at radius 2 is 1.71 bits per heavy atom. The van der Waals surface area contributed by atoms with Gasteiger partial charge < -0.3 is 81.8 Å². The van der Waals surface area contributed by atoms with Gasteiger partial charge >= 0.3 is 25.7 Å². The molecule has 29 heteroatoms. The molecule has 1 aliphatic heterocycles. The van der Waals surface area contributed by atoms with E-state index in [-0.39, 0.29) is 34.1 Å². The standard InChI is InChI=1S/C33H44N7O21P/c1-11(15-8-35-28-24(37-15)30(53)40-33(34)39-28)36-13-6-16(41)12(4-17(13)42)5-18(43)25(49)19(44)9-58-32-27(51)26(50)21(60-32)10-59-62(56,57)61-20(2-3-22(45)46)29(52)38-14(31(54)55)7-23(47)48/h4,6,8,11,14,18-21,25-27,32,36,41-44,49-51H,2-3,5,7,9-10H2,1H3,(H,38,52)(H,45,46)(H,47,48)(H,54,55)(H,56,57)(H3,34,35,39,40,53). The lowest BCUT2D eigenvalue weighted by atomic mass is 9.99. The number of benzene rings is 1. The lowest BCUT2D eigenvalue weighted by Crippen LogP contribution is -2.47. The average Bonchev–Trinajstić information content (AvgIpc) is 3.46. The van der Waals surface area contributed by atoms with E-state index in [0.29, 0.717) is 0 Å². The maximum Gasteiger partial charge on any atom is 0.473 e. The number of ether oxygens (including phenoxy) is 2. The van der Waals surface area contributed by atoms with Crippen molar-refractivity contribution < 1.29 is 98.2 Å². The third kappa shape index (κ3) is 13.2. The molecule has 11 atom stereocenters. The second-order valence-corrected chi connectivity index (χ2v) is 15.2. The van der Waals surface area contributed by atoms with E-state index in [1.54, 1.807) is 12.2 Å². The smallest absolute Gasteiger partial charge is 0.473 e. The molecule has 16 N–H and O–H groups in total. The number of nitrogens with zero attached hydrogens (tertiary/aromatic N) is 3. The van der Waals surface area contributed by atoms with Crippen LogP contribution in [-0.2, 0) is 48.7 Å². The number of phenols is 2. The Balaban J connectivity index is 1.29. The van der Waals surface area contributed by atoms with Crippen molar-refractivity contribution >= 4 is 54.4 Å². The number of nitrogens with one attached hydrogen (secondary N) is 3. The van der Waals surface area contributed by atoms with Crippen LogP contribution in [0.4, 0.5) is 11.6 Å². The van der Waals surface area contributed by atoms with E-state index in [1.807, 2.05) is 0 Å². The highest BCUT2D eigenvalue weighted by molar-refractivity contribution is 7.47. The van der Waals surface area contributed by atoms with Gasteiger partial charge in [0.15, 0.2) is 17.5 Å². The number of H-pyrrole nitrogens is 1. The first kappa shape index (κ1) is 49.0. The zero-order chi connectivity index (χ0) is 46.2. The predicted molar refractivity (Wildman–Crippen MR) is 202 cm³/mol. The van der Waals surface area contributed by atoms with Crippen LogP contribution in [0.5, 0.6) is 11.5 Å². The van der Waals surface area contributed by atoms with Crippen LogP contribution in [0.25, 0.3) is 11.2 Å². The van der Waals surface area contributed by atoms with Gasteiger partial charge in [-0.1, -0.05) is 0 Å². The number of aromatic nitrogens is 4. The Morgan fingerprint density at radius 1 is 1.02 bits per heavy atom. The molecule has 28 nitrogen and oxygen atoms in total. The Hall–Kier alpha value is -5.65. The molecule has 0 radical (unpaired) electrons. The number of phosphoric ester groups is 1. The van der Waals surface area contributed by atoms with Gasteiger partial charge in [-0.15, -0.1) is 0 Å². The summed E-state index contributed by atoms with van der Waals surface area (Å²) in [5.74, 6) is -7.44. The number of hydrogen-bond acceptors (Lipinski definition) is 22. The van der Waals surface area contributed by atoms with Crippen molar-refractivity contribution in [2.24, 2.45) is 0 Å². The highest BCUT2D eigenvalue weighted by atomic mass is 31.2. The van der Waals surface area contributed by atoms with Gasteiger partial charge in [0.25, 0.3) is 11.5 Å². The van der Waals surface area contributed by atoms with E-state index in [0.717, 1.165) is 12.1 Å². The van der Waals surface area contributed by atoms with E-state index in [9.17, 15) is 74.3 Å². The number of hydrogen-bond donors (Lipinski definition) is 15. The molecule has 1 amide bonds. The van der Waals surface area contributed by atoms with Gasteiger partial charge in [0.1, 0.15) is 54.2 Å². The Kier molecular flexibility index (Phi) is 16.6. The molecule has 1 aromatic carbocycles. The van der Waals surface area contributed by atoms with Crippen LogP contribution in [0.15, 0.2) is 23.1 Å². The van der Waals surface area contributed by atoms with Gasteiger partial charge in [0.05, 0.1) is 49.4 Å².